The van der Waals surface area contributed by atoms with Gasteiger partial charge < -0.3 is 4.74 Å². The molecule has 25 heavy (non-hydrogen) atoms. The van der Waals surface area contributed by atoms with Gasteiger partial charge in [-0.2, -0.15) is 4.98 Å². The van der Waals surface area contributed by atoms with E-state index in [-0.39, 0.29) is 16.8 Å². The summed E-state index contributed by atoms with van der Waals surface area (Å²) >= 11 is 2.79. The summed E-state index contributed by atoms with van der Waals surface area (Å²) in [5.41, 5.74) is 0.541. The van der Waals surface area contributed by atoms with Crippen LogP contribution in [0.3, 0.4) is 0 Å². The third-order valence-corrected chi connectivity index (χ3v) is 5.55. The number of hydrogen-bond acceptors (Lipinski definition) is 7. The van der Waals surface area contributed by atoms with Crippen molar-refractivity contribution < 1.29 is 9.53 Å². The van der Waals surface area contributed by atoms with Crippen LogP contribution in [0.1, 0.15) is 13.8 Å². The average Bonchev–Trinajstić information content (AvgIpc) is 2.62. The highest BCUT2D eigenvalue weighted by Gasteiger charge is 2.16. The van der Waals surface area contributed by atoms with Gasteiger partial charge in [0.1, 0.15) is 10.3 Å². The lowest BCUT2D eigenvalue weighted by Crippen LogP contribution is -2.16. The number of pyridine rings is 1. The summed E-state index contributed by atoms with van der Waals surface area (Å²) in [7, 11) is 0. The van der Waals surface area contributed by atoms with Crippen LogP contribution in [0.2, 0.25) is 0 Å². The Morgan fingerprint density at radius 2 is 2.08 bits per heavy atom. The largest absolute Gasteiger partial charge is 0.465 e. The van der Waals surface area contributed by atoms with Crippen molar-refractivity contribution in [2.45, 2.75) is 24.1 Å². The molecule has 0 aliphatic rings. The number of carbonyl (C=O) groups is 1. The van der Waals surface area contributed by atoms with Crippen LogP contribution < -0.4 is 5.56 Å². The van der Waals surface area contributed by atoms with Crippen molar-refractivity contribution in [3.05, 3.63) is 52.9 Å². The highest BCUT2D eigenvalue weighted by molar-refractivity contribution is 8.00. The van der Waals surface area contributed by atoms with Crippen LogP contribution in [0.25, 0.3) is 20.7 Å². The second kappa shape index (κ2) is 7.76. The van der Waals surface area contributed by atoms with E-state index in [1.54, 1.807) is 26.1 Å². The molecule has 3 aromatic rings. The van der Waals surface area contributed by atoms with Crippen LogP contribution >= 0.6 is 23.1 Å². The van der Waals surface area contributed by atoms with Gasteiger partial charge in [-0.1, -0.05) is 23.9 Å². The van der Waals surface area contributed by atoms with Crippen molar-refractivity contribution >= 4 is 39.2 Å². The summed E-state index contributed by atoms with van der Waals surface area (Å²) in [5.74, 6) is -0.257. The molecule has 0 saturated carbocycles. The number of aromatic nitrogens is 2. The maximum absolute atomic E-state index is 12.1. The molecule has 0 amide bonds. The van der Waals surface area contributed by atoms with E-state index in [4.69, 9.17) is 4.74 Å². The molecule has 1 aromatic carbocycles. The maximum Gasteiger partial charge on any atom is 0.319 e. The number of ether oxygens (including phenoxy) is 1. The minimum absolute atomic E-state index is 0.237. The Bertz CT molecular complexity index is 954. The first kappa shape index (κ1) is 17.6. The molecule has 5 nitrogen and oxygen atoms in total. The van der Waals surface area contributed by atoms with E-state index < -0.39 is 0 Å². The molecular weight excluding hydrogens is 356 g/mol. The van der Waals surface area contributed by atoms with Crippen LogP contribution in [0, 0.1) is 0 Å². The molecule has 0 N–H and O–H groups in total. The SMILES string of the molecule is CCOC(=O)C(C)Sc1ccc(-c2nc(=O)c3ccccc3s2)cn1. The third kappa shape index (κ3) is 4.05. The number of hydrogen-bond donors (Lipinski definition) is 0. The van der Waals surface area contributed by atoms with E-state index in [2.05, 4.69) is 9.97 Å². The fraction of sp³-hybridized carbons (Fsp3) is 0.222. The molecule has 0 bridgehead atoms. The fourth-order valence-corrected chi connectivity index (χ4v) is 3.97. The molecule has 0 spiro atoms. The van der Waals surface area contributed by atoms with Gasteiger partial charge >= 0.3 is 5.97 Å². The maximum atomic E-state index is 12.1. The molecule has 1 unspecified atom stereocenters. The minimum Gasteiger partial charge on any atom is -0.465 e. The molecule has 7 heteroatoms. The molecule has 1 atom stereocenters. The molecule has 0 saturated heterocycles. The van der Waals surface area contributed by atoms with Crippen molar-refractivity contribution in [1.29, 1.82) is 0 Å². The molecule has 2 heterocycles. The fourth-order valence-electron chi connectivity index (χ4n) is 2.20. The molecule has 128 valence electrons. The normalized spacial score (nSPS) is 12.1. The first-order valence-corrected chi connectivity index (χ1v) is 9.47. The molecular formula is C18H16N2O3S2. The minimum atomic E-state index is -0.326. The Morgan fingerprint density at radius 3 is 2.80 bits per heavy atom. The average molecular weight is 372 g/mol. The standard InChI is InChI=1S/C18H16N2O3S2/c1-3-23-18(22)11(2)24-15-9-8-12(10-19-15)17-20-16(21)13-6-4-5-7-14(13)25-17/h4-11H,3H2,1-2H3. The summed E-state index contributed by atoms with van der Waals surface area (Å²) < 4.78 is 5.89. The molecule has 3 rings (SSSR count). The Balaban J connectivity index is 1.83. The first-order chi connectivity index (χ1) is 12.1. The van der Waals surface area contributed by atoms with Gasteiger partial charge in [-0.3, -0.25) is 9.59 Å². The lowest BCUT2D eigenvalue weighted by molar-refractivity contribution is -0.142. The summed E-state index contributed by atoms with van der Waals surface area (Å²) in [6.45, 7) is 3.93. The van der Waals surface area contributed by atoms with Gasteiger partial charge in [0, 0.05) is 16.5 Å². The van der Waals surface area contributed by atoms with Gasteiger partial charge in [0.05, 0.1) is 17.0 Å². The lowest BCUT2D eigenvalue weighted by Gasteiger charge is -2.09. The smallest absolute Gasteiger partial charge is 0.319 e. The summed E-state index contributed by atoms with van der Waals surface area (Å²) in [4.78, 5) is 32.3. The van der Waals surface area contributed by atoms with Crippen LogP contribution in [0.4, 0.5) is 0 Å². The van der Waals surface area contributed by atoms with E-state index >= 15 is 0 Å². The zero-order chi connectivity index (χ0) is 17.8. The molecule has 2 aromatic heterocycles. The predicted octanol–water partition coefficient (Wildman–Crippen LogP) is 3.76. The van der Waals surface area contributed by atoms with Crippen LogP contribution in [0.15, 0.2) is 52.4 Å². The number of thioether (sulfide) groups is 1. The monoisotopic (exact) mass is 372 g/mol. The Labute approximate surface area is 153 Å². The van der Waals surface area contributed by atoms with Gasteiger partial charge in [-0.05, 0) is 38.1 Å². The van der Waals surface area contributed by atoms with Crippen LogP contribution in [0.5, 0.6) is 0 Å². The predicted molar refractivity (Wildman–Crippen MR) is 101 cm³/mol. The van der Waals surface area contributed by atoms with Crippen LogP contribution in [-0.4, -0.2) is 27.8 Å². The van der Waals surface area contributed by atoms with Gasteiger partial charge in [0.2, 0.25) is 0 Å². The van der Waals surface area contributed by atoms with Crippen molar-refractivity contribution in [2.75, 3.05) is 6.61 Å². The third-order valence-electron chi connectivity index (χ3n) is 3.43. The van der Waals surface area contributed by atoms with Crippen molar-refractivity contribution in [3.63, 3.8) is 0 Å². The number of carbonyl (C=O) groups excluding carboxylic acids is 1. The van der Waals surface area contributed by atoms with Crippen LogP contribution in [-0.2, 0) is 9.53 Å². The Kier molecular flexibility index (Phi) is 5.45. The highest BCUT2D eigenvalue weighted by Crippen LogP contribution is 2.28. The number of nitrogens with zero attached hydrogens (tertiary/aromatic N) is 2. The van der Waals surface area contributed by atoms with Gasteiger partial charge in [0.25, 0.3) is 5.56 Å². The van der Waals surface area contributed by atoms with Gasteiger partial charge in [0.15, 0.2) is 0 Å². The van der Waals surface area contributed by atoms with E-state index in [9.17, 15) is 9.59 Å². The number of rotatable bonds is 5. The lowest BCUT2D eigenvalue weighted by atomic mass is 10.3. The summed E-state index contributed by atoms with van der Waals surface area (Å²) in [5, 5.41) is 1.65. The van der Waals surface area contributed by atoms with E-state index in [1.807, 2.05) is 30.3 Å². The second-order valence-electron chi connectivity index (χ2n) is 5.22. The van der Waals surface area contributed by atoms with E-state index in [1.165, 1.54) is 23.1 Å². The molecule has 0 aliphatic carbocycles. The topological polar surface area (TPSA) is 69.2 Å². The molecule has 0 radical (unpaired) electrons. The van der Waals surface area contributed by atoms with Gasteiger partial charge in [-0.15, -0.1) is 11.3 Å². The van der Waals surface area contributed by atoms with Crippen molar-refractivity contribution in [2.24, 2.45) is 0 Å². The molecule has 0 fully saturated rings. The Hall–Kier alpha value is -2.25. The summed E-state index contributed by atoms with van der Waals surface area (Å²) in [6.07, 6.45) is 1.67. The Morgan fingerprint density at radius 1 is 1.28 bits per heavy atom. The van der Waals surface area contributed by atoms with Crippen molar-refractivity contribution in [3.8, 4) is 10.6 Å². The quantitative estimate of drug-likeness (QED) is 0.502. The number of benzene rings is 1. The van der Waals surface area contributed by atoms with E-state index in [0.29, 0.717) is 17.0 Å². The molecule has 0 aliphatic heterocycles. The van der Waals surface area contributed by atoms with Gasteiger partial charge in [-0.25, -0.2) is 4.98 Å². The number of fused-ring (bicyclic) bond motifs is 1. The zero-order valence-corrected chi connectivity index (χ0v) is 15.4. The van der Waals surface area contributed by atoms with Crippen molar-refractivity contribution in [1.82, 2.24) is 9.97 Å². The second-order valence-corrected chi connectivity index (χ2v) is 7.61. The highest BCUT2D eigenvalue weighted by atomic mass is 32.2. The number of esters is 1. The van der Waals surface area contributed by atoms with E-state index in [0.717, 1.165) is 15.3 Å². The summed E-state index contributed by atoms with van der Waals surface area (Å²) in [6, 6.07) is 11.1. The first-order valence-electron chi connectivity index (χ1n) is 7.78. The zero-order valence-electron chi connectivity index (χ0n) is 13.8.